The largest absolute Gasteiger partial charge is 0.266 e. The lowest BCUT2D eigenvalue weighted by Gasteiger charge is -2.14. The van der Waals surface area contributed by atoms with Gasteiger partial charge in [-0.3, -0.25) is 4.68 Å². The van der Waals surface area contributed by atoms with Crippen LogP contribution in [0.4, 0.5) is 0 Å². The summed E-state index contributed by atoms with van der Waals surface area (Å²) in [7, 11) is 0. The third-order valence-electron chi connectivity index (χ3n) is 3.66. The minimum absolute atomic E-state index is 0.639. The Hall–Kier alpha value is -0.790. The first-order valence-electron chi connectivity index (χ1n) is 6.37. The monoisotopic (exact) mass is 204 g/mol. The van der Waals surface area contributed by atoms with Crippen LogP contribution in [-0.4, -0.2) is 9.78 Å². The van der Waals surface area contributed by atoms with E-state index in [-0.39, 0.29) is 0 Å². The smallest absolute Gasteiger partial charge is 0.0659 e. The van der Waals surface area contributed by atoms with Gasteiger partial charge in [0.15, 0.2) is 0 Å². The lowest BCUT2D eigenvalue weighted by molar-refractivity contribution is 0.577. The average Bonchev–Trinajstić information content (AvgIpc) is 2.98. The second-order valence-corrected chi connectivity index (χ2v) is 5.35. The molecule has 2 nitrogen and oxygen atoms in total. The summed E-state index contributed by atoms with van der Waals surface area (Å²) in [6, 6.07) is 0.744. The van der Waals surface area contributed by atoms with Gasteiger partial charge in [0.25, 0.3) is 0 Å². The van der Waals surface area contributed by atoms with Crippen LogP contribution in [0, 0.1) is 0 Å². The lowest BCUT2D eigenvalue weighted by Crippen LogP contribution is -2.06. The molecule has 1 saturated carbocycles. The molecule has 0 N–H and O–H groups in total. The molecule has 0 atom stereocenters. The first-order valence-corrected chi connectivity index (χ1v) is 6.37. The fourth-order valence-corrected chi connectivity index (χ4v) is 2.81. The van der Waals surface area contributed by atoms with Gasteiger partial charge in [-0.2, -0.15) is 5.10 Å². The van der Waals surface area contributed by atoms with Crippen molar-refractivity contribution in [3.05, 3.63) is 17.0 Å². The number of fused-ring (bicyclic) bond motifs is 1. The maximum Gasteiger partial charge on any atom is 0.0659 e. The van der Waals surface area contributed by atoms with E-state index in [2.05, 4.69) is 18.5 Å². The average molecular weight is 204 g/mol. The molecular weight excluding hydrogens is 184 g/mol. The van der Waals surface area contributed by atoms with E-state index in [1.807, 2.05) is 0 Å². The molecule has 0 aromatic carbocycles. The first kappa shape index (κ1) is 9.44. The minimum Gasteiger partial charge on any atom is -0.266 e. The predicted molar refractivity (Wildman–Crippen MR) is 61.2 cm³/mol. The van der Waals surface area contributed by atoms with E-state index in [4.69, 9.17) is 5.10 Å². The fraction of sp³-hybridized carbons (Fsp3) is 0.769. The molecular formula is C13H20N2. The molecule has 1 aromatic heterocycles. The molecule has 82 valence electrons. The quantitative estimate of drug-likeness (QED) is 0.723. The molecule has 1 aromatic rings. The third kappa shape index (κ3) is 1.51. The van der Waals surface area contributed by atoms with Gasteiger partial charge < -0.3 is 0 Å². The molecule has 0 aliphatic heterocycles. The Morgan fingerprint density at radius 3 is 2.60 bits per heavy atom. The van der Waals surface area contributed by atoms with Crippen LogP contribution in [-0.2, 0) is 12.8 Å². The van der Waals surface area contributed by atoms with Crippen LogP contribution in [0.3, 0.4) is 0 Å². The van der Waals surface area contributed by atoms with Crippen LogP contribution in [0.2, 0.25) is 0 Å². The molecule has 15 heavy (non-hydrogen) atoms. The number of aromatic nitrogens is 2. The van der Waals surface area contributed by atoms with Crippen LogP contribution < -0.4 is 0 Å². The molecule has 0 radical (unpaired) electrons. The van der Waals surface area contributed by atoms with Gasteiger partial charge in [0.05, 0.1) is 11.7 Å². The highest BCUT2D eigenvalue weighted by atomic mass is 15.3. The number of hydrogen-bond acceptors (Lipinski definition) is 1. The molecule has 2 aliphatic rings. The molecule has 0 spiro atoms. The van der Waals surface area contributed by atoms with Crippen LogP contribution in [0.25, 0.3) is 0 Å². The Kier molecular flexibility index (Phi) is 2.11. The molecule has 0 unspecified atom stereocenters. The minimum atomic E-state index is 0.639. The fourth-order valence-electron chi connectivity index (χ4n) is 2.81. The van der Waals surface area contributed by atoms with E-state index >= 15 is 0 Å². The standard InChI is InChI=1S/C13H20N2/c1-9(2)13-11-5-3-4-6-12(11)14-15(13)10-7-8-10/h9-10H,3-8H2,1-2H3. The van der Waals surface area contributed by atoms with E-state index in [0.29, 0.717) is 5.92 Å². The zero-order valence-corrected chi connectivity index (χ0v) is 9.79. The van der Waals surface area contributed by atoms with E-state index in [1.54, 1.807) is 11.3 Å². The lowest BCUT2D eigenvalue weighted by atomic mass is 9.92. The highest BCUT2D eigenvalue weighted by Gasteiger charge is 2.31. The van der Waals surface area contributed by atoms with Crippen LogP contribution in [0.5, 0.6) is 0 Å². The van der Waals surface area contributed by atoms with E-state index in [1.165, 1.54) is 44.2 Å². The van der Waals surface area contributed by atoms with Crippen LogP contribution in [0.15, 0.2) is 0 Å². The Balaban J connectivity index is 2.09. The van der Waals surface area contributed by atoms with Crippen molar-refractivity contribution in [1.82, 2.24) is 9.78 Å². The van der Waals surface area contributed by atoms with E-state index in [9.17, 15) is 0 Å². The van der Waals surface area contributed by atoms with Gasteiger partial charge >= 0.3 is 0 Å². The highest BCUT2D eigenvalue weighted by Crippen LogP contribution is 2.40. The van der Waals surface area contributed by atoms with Gasteiger partial charge in [-0.25, -0.2) is 0 Å². The zero-order valence-electron chi connectivity index (χ0n) is 9.79. The molecule has 3 rings (SSSR count). The van der Waals surface area contributed by atoms with E-state index < -0.39 is 0 Å². The van der Waals surface area contributed by atoms with Crippen LogP contribution >= 0.6 is 0 Å². The van der Waals surface area contributed by atoms with Crippen molar-refractivity contribution in [3.8, 4) is 0 Å². The SMILES string of the molecule is CC(C)c1c2c(nn1C1CC1)CCCC2. The molecule has 2 heteroatoms. The molecule has 1 fully saturated rings. The van der Waals surface area contributed by atoms with Crippen molar-refractivity contribution in [2.24, 2.45) is 0 Å². The van der Waals surface area contributed by atoms with Crippen molar-refractivity contribution in [2.45, 2.75) is 64.3 Å². The summed E-state index contributed by atoms with van der Waals surface area (Å²) < 4.78 is 2.36. The Morgan fingerprint density at radius 2 is 1.93 bits per heavy atom. The Morgan fingerprint density at radius 1 is 1.20 bits per heavy atom. The van der Waals surface area contributed by atoms with Gasteiger partial charge in [-0.05, 0) is 50.0 Å². The van der Waals surface area contributed by atoms with Gasteiger partial charge in [0, 0.05) is 5.69 Å². The Bertz CT molecular complexity index is 372. The number of nitrogens with zero attached hydrogens (tertiary/aromatic N) is 2. The van der Waals surface area contributed by atoms with Gasteiger partial charge in [-0.15, -0.1) is 0 Å². The zero-order chi connectivity index (χ0) is 10.4. The predicted octanol–water partition coefficient (Wildman–Crippen LogP) is 3.22. The summed E-state index contributed by atoms with van der Waals surface area (Å²) >= 11 is 0. The number of aryl methyl sites for hydroxylation is 1. The molecule has 0 bridgehead atoms. The third-order valence-corrected chi connectivity index (χ3v) is 3.66. The first-order chi connectivity index (χ1) is 7.27. The molecule has 0 saturated heterocycles. The summed E-state index contributed by atoms with van der Waals surface area (Å²) in [6.07, 6.45) is 7.89. The van der Waals surface area contributed by atoms with Crippen molar-refractivity contribution in [2.75, 3.05) is 0 Å². The molecule has 2 aliphatic carbocycles. The Labute approximate surface area is 91.7 Å². The highest BCUT2D eigenvalue weighted by molar-refractivity contribution is 5.31. The van der Waals surface area contributed by atoms with Crippen LogP contribution in [0.1, 0.15) is 68.4 Å². The van der Waals surface area contributed by atoms with E-state index in [0.717, 1.165) is 6.04 Å². The maximum atomic E-state index is 4.85. The number of rotatable bonds is 2. The van der Waals surface area contributed by atoms with Crippen molar-refractivity contribution < 1.29 is 0 Å². The van der Waals surface area contributed by atoms with Gasteiger partial charge in [0.2, 0.25) is 0 Å². The topological polar surface area (TPSA) is 17.8 Å². The second kappa shape index (κ2) is 3.36. The van der Waals surface area contributed by atoms with Crippen molar-refractivity contribution in [1.29, 1.82) is 0 Å². The number of hydrogen-bond donors (Lipinski definition) is 0. The molecule has 0 amide bonds. The maximum absolute atomic E-state index is 4.85. The van der Waals surface area contributed by atoms with Crippen molar-refractivity contribution >= 4 is 0 Å². The summed E-state index contributed by atoms with van der Waals surface area (Å²) in [6.45, 7) is 4.62. The summed E-state index contributed by atoms with van der Waals surface area (Å²) in [5, 5.41) is 4.85. The summed E-state index contributed by atoms with van der Waals surface area (Å²) in [5.74, 6) is 0.639. The van der Waals surface area contributed by atoms with Crippen molar-refractivity contribution in [3.63, 3.8) is 0 Å². The normalized spacial score (nSPS) is 20.7. The molecule has 1 heterocycles. The summed E-state index contributed by atoms with van der Waals surface area (Å²) in [4.78, 5) is 0. The van der Waals surface area contributed by atoms with Gasteiger partial charge in [0.1, 0.15) is 0 Å². The van der Waals surface area contributed by atoms with Gasteiger partial charge in [-0.1, -0.05) is 13.8 Å². The summed E-state index contributed by atoms with van der Waals surface area (Å²) in [5.41, 5.74) is 4.56. The second-order valence-electron chi connectivity index (χ2n) is 5.35.